The summed E-state index contributed by atoms with van der Waals surface area (Å²) in [6.45, 7) is 2.68. The van der Waals surface area contributed by atoms with Gasteiger partial charge in [-0.1, -0.05) is 0 Å². The minimum absolute atomic E-state index is 0.0461. The number of rotatable bonds is 22. The van der Waals surface area contributed by atoms with Gasteiger partial charge in [0.15, 0.2) is 0 Å². The molecule has 410 valence electrons. The van der Waals surface area contributed by atoms with Crippen molar-refractivity contribution in [1.29, 1.82) is 0 Å². The molecule has 25 nitrogen and oxygen atoms in total. The van der Waals surface area contributed by atoms with Crippen molar-refractivity contribution in [2.24, 2.45) is 42.3 Å². The van der Waals surface area contributed by atoms with E-state index in [9.17, 15) is 38.4 Å². The highest BCUT2D eigenvalue weighted by Crippen LogP contribution is 2.23. The van der Waals surface area contributed by atoms with Crippen LogP contribution in [0.4, 0.5) is 34.1 Å². The standard InChI is InChI=1S/C53H65N17O8/c1-63(2)15-11-13-55-48(73)40-18-36(28-65(40)5)59-52(77)44-22-38(30-69(44)9)61-50(75)42-20-34(26-67(42)7)57-46(71)32-17-33(25-54-24-32)47(72)58-35-21-43(68(8)27-35)51(76)62-39-23-45(70(10)31-39)53(78)60-37-19-41(66(6)29-37)49(74)56-14-12-16-64(3)4/h17-31H,11-16H2,1-10H3,(H,55,73)(H,56,74)(H,57,71)(H,58,72)(H,59,77)(H,60,78)(H,61,75)(H,62,76). The largest absolute Gasteiger partial charge is 0.351 e. The van der Waals surface area contributed by atoms with E-state index in [1.165, 1.54) is 64.3 Å². The van der Waals surface area contributed by atoms with E-state index in [4.69, 9.17) is 0 Å². The van der Waals surface area contributed by atoms with Crippen molar-refractivity contribution < 1.29 is 38.4 Å². The van der Waals surface area contributed by atoms with E-state index >= 15 is 0 Å². The summed E-state index contributed by atoms with van der Waals surface area (Å²) in [6.07, 6.45) is 13.6. The Bertz CT molecular complexity index is 3200. The lowest BCUT2D eigenvalue weighted by molar-refractivity contribution is 0.0936. The maximum Gasteiger partial charge on any atom is 0.272 e. The van der Waals surface area contributed by atoms with Crippen LogP contribution in [-0.4, -0.2) is 144 Å². The first-order chi connectivity index (χ1) is 37.0. The van der Waals surface area contributed by atoms with Gasteiger partial charge < -0.3 is 79.7 Å². The first-order valence-corrected chi connectivity index (χ1v) is 24.7. The SMILES string of the molecule is CN(C)CCCNC(=O)c1cc(NC(=O)c2cc(NC(=O)c3cc(NC(=O)c4cncc(C(=O)Nc5cc(C(=O)Nc6cc(C(=O)Nc7cc(C(=O)NCCCN(C)C)n(C)c7)n(C)c6)n(C)c5)c4)cn3C)cn2C)cn1C. The van der Waals surface area contributed by atoms with Crippen LogP contribution in [0.15, 0.2) is 92.0 Å². The Kier molecular flexibility index (Phi) is 17.6. The maximum atomic E-state index is 13.5. The van der Waals surface area contributed by atoms with Crippen LogP contribution in [0.5, 0.6) is 0 Å². The second kappa shape index (κ2) is 24.5. The third-order valence-electron chi connectivity index (χ3n) is 12.4. The molecule has 7 heterocycles. The van der Waals surface area contributed by atoms with E-state index in [0.717, 1.165) is 25.9 Å². The van der Waals surface area contributed by atoms with Crippen molar-refractivity contribution in [3.05, 3.63) is 137 Å². The molecule has 8 N–H and O–H groups in total. The molecule has 8 amide bonds. The molecule has 0 fully saturated rings. The van der Waals surface area contributed by atoms with Gasteiger partial charge in [-0.05, 0) is 96.6 Å². The third-order valence-corrected chi connectivity index (χ3v) is 12.4. The van der Waals surface area contributed by atoms with Crippen molar-refractivity contribution in [3.8, 4) is 0 Å². The molecule has 78 heavy (non-hydrogen) atoms. The zero-order valence-electron chi connectivity index (χ0n) is 45.2. The molecule has 0 saturated carbocycles. The molecule has 0 bridgehead atoms. The summed E-state index contributed by atoms with van der Waals surface area (Å²) in [5.41, 5.74) is 3.77. The molecule has 0 spiro atoms. The van der Waals surface area contributed by atoms with Gasteiger partial charge in [-0.15, -0.1) is 0 Å². The fourth-order valence-electron chi connectivity index (χ4n) is 8.40. The number of anilines is 6. The normalized spacial score (nSPS) is 11.1. The molecule has 7 aromatic rings. The third kappa shape index (κ3) is 14.1. The minimum atomic E-state index is -0.611. The van der Waals surface area contributed by atoms with Gasteiger partial charge >= 0.3 is 0 Å². The van der Waals surface area contributed by atoms with E-state index in [-0.39, 0.29) is 57.1 Å². The maximum absolute atomic E-state index is 13.5. The summed E-state index contributed by atoms with van der Waals surface area (Å²) in [6, 6.07) is 10.5. The van der Waals surface area contributed by atoms with Crippen LogP contribution in [0.2, 0.25) is 0 Å². The van der Waals surface area contributed by atoms with E-state index in [1.54, 1.807) is 97.5 Å². The molecular weight excluding hydrogens is 1000 g/mol. The van der Waals surface area contributed by atoms with Crippen LogP contribution in [0.1, 0.15) is 96.5 Å². The predicted molar refractivity (Wildman–Crippen MR) is 295 cm³/mol. The number of pyridine rings is 1. The Labute approximate surface area is 449 Å². The van der Waals surface area contributed by atoms with Crippen LogP contribution in [0, 0.1) is 0 Å². The Morgan fingerprint density at radius 2 is 0.590 bits per heavy atom. The molecular formula is C53H65N17O8. The number of nitrogens with one attached hydrogen (secondary N) is 8. The van der Waals surface area contributed by atoms with Crippen molar-refractivity contribution in [2.75, 3.05) is 86.3 Å². The Morgan fingerprint density at radius 3 is 0.833 bits per heavy atom. The summed E-state index contributed by atoms with van der Waals surface area (Å²) in [5.74, 6) is -3.71. The topological polar surface area (TPSA) is 282 Å². The van der Waals surface area contributed by atoms with Gasteiger partial charge in [-0.25, -0.2) is 0 Å². The first-order valence-electron chi connectivity index (χ1n) is 24.7. The second-order valence-corrected chi connectivity index (χ2v) is 19.4. The Hall–Kier alpha value is -9.49. The van der Waals surface area contributed by atoms with E-state index < -0.39 is 35.4 Å². The number of nitrogens with zero attached hydrogens (tertiary/aromatic N) is 9. The summed E-state index contributed by atoms with van der Waals surface area (Å²) in [5, 5.41) is 22.4. The van der Waals surface area contributed by atoms with Crippen molar-refractivity contribution in [1.82, 2.24) is 52.8 Å². The highest BCUT2D eigenvalue weighted by atomic mass is 16.2. The highest BCUT2D eigenvalue weighted by Gasteiger charge is 2.22. The Balaban J connectivity index is 0.902. The number of amides is 8. The molecule has 0 aliphatic carbocycles. The van der Waals surface area contributed by atoms with Gasteiger partial charge in [-0.3, -0.25) is 43.3 Å². The van der Waals surface area contributed by atoms with E-state index in [1.807, 2.05) is 38.0 Å². The lowest BCUT2D eigenvalue weighted by Gasteiger charge is -2.10. The average molecular weight is 1070 g/mol. The zero-order chi connectivity index (χ0) is 56.5. The lowest BCUT2D eigenvalue weighted by atomic mass is 10.2. The highest BCUT2D eigenvalue weighted by molar-refractivity contribution is 6.12. The van der Waals surface area contributed by atoms with E-state index in [2.05, 4.69) is 47.5 Å². The molecule has 0 aliphatic rings. The van der Waals surface area contributed by atoms with Gasteiger partial charge in [0, 0.05) is 105 Å². The minimum Gasteiger partial charge on any atom is -0.351 e. The van der Waals surface area contributed by atoms with Crippen LogP contribution in [0.3, 0.4) is 0 Å². The van der Waals surface area contributed by atoms with Gasteiger partial charge in [0.25, 0.3) is 47.3 Å². The fourth-order valence-corrected chi connectivity index (χ4v) is 8.40. The monoisotopic (exact) mass is 1070 g/mol. The van der Waals surface area contributed by atoms with Crippen molar-refractivity contribution in [2.45, 2.75) is 12.8 Å². The number of carbonyl (C=O) groups is 8. The van der Waals surface area contributed by atoms with E-state index in [0.29, 0.717) is 47.2 Å². The average Bonchev–Trinajstić information content (AvgIpc) is 4.25. The van der Waals surface area contributed by atoms with Crippen LogP contribution in [0.25, 0.3) is 0 Å². The fraction of sp³-hybridized carbons (Fsp3) is 0.302. The number of carbonyl (C=O) groups excluding carboxylic acids is 8. The van der Waals surface area contributed by atoms with Gasteiger partial charge in [-0.2, -0.15) is 0 Å². The number of hydrogen-bond donors (Lipinski definition) is 8. The van der Waals surface area contributed by atoms with Crippen molar-refractivity contribution in [3.63, 3.8) is 0 Å². The van der Waals surface area contributed by atoms with Gasteiger partial charge in [0.2, 0.25) is 0 Å². The molecule has 7 aromatic heterocycles. The first kappa shape index (κ1) is 56.2. The summed E-state index contributed by atoms with van der Waals surface area (Å²) in [4.78, 5) is 114. The lowest BCUT2D eigenvalue weighted by Crippen LogP contribution is -2.28. The molecule has 0 atom stereocenters. The molecule has 0 radical (unpaired) electrons. The summed E-state index contributed by atoms with van der Waals surface area (Å²) < 4.78 is 9.39. The number of aromatic nitrogens is 7. The second-order valence-electron chi connectivity index (χ2n) is 19.4. The smallest absolute Gasteiger partial charge is 0.272 e. The van der Waals surface area contributed by atoms with Gasteiger partial charge in [0.1, 0.15) is 34.2 Å². The molecule has 0 unspecified atom stereocenters. The van der Waals surface area contributed by atoms with Crippen LogP contribution in [-0.2, 0) is 42.3 Å². The van der Waals surface area contributed by atoms with Crippen LogP contribution < -0.4 is 42.5 Å². The summed E-state index contributed by atoms with van der Waals surface area (Å²) >= 11 is 0. The Morgan fingerprint density at radius 1 is 0.359 bits per heavy atom. The van der Waals surface area contributed by atoms with Crippen LogP contribution >= 0.6 is 0 Å². The molecule has 25 heteroatoms. The predicted octanol–water partition coefficient (Wildman–Crippen LogP) is 3.99. The quantitative estimate of drug-likeness (QED) is 0.0450. The zero-order valence-corrected chi connectivity index (χ0v) is 45.2. The molecule has 7 rings (SSSR count). The molecule has 0 saturated heterocycles. The molecule has 0 aliphatic heterocycles. The summed E-state index contributed by atoms with van der Waals surface area (Å²) in [7, 11) is 17.8. The molecule has 0 aromatic carbocycles. The van der Waals surface area contributed by atoms with Crippen molar-refractivity contribution >= 4 is 81.4 Å². The number of hydrogen-bond acceptors (Lipinski definition) is 11. The van der Waals surface area contributed by atoms with Gasteiger partial charge in [0.05, 0.1) is 45.3 Å². The number of aryl methyl sites for hydroxylation is 6.